The lowest BCUT2D eigenvalue weighted by atomic mass is 9.87. The molecule has 0 radical (unpaired) electrons. The number of pyridine rings is 1. The summed E-state index contributed by atoms with van der Waals surface area (Å²) >= 11 is 0. The number of aromatic nitrogens is 1. The highest BCUT2D eigenvalue weighted by Crippen LogP contribution is 2.23. The molecule has 0 unspecified atom stereocenters. The van der Waals surface area contributed by atoms with Crippen LogP contribution < -0.4 is 5.32 Å². The first-order valence-electron chi connectivity index (χ1n) is 7.48. The van der Waals surface area contributed by atoms with Crippen LogP contribution >= 0.6 is 0 Å². The van der Waals surface area contributed by atoms with Crippen molar-refractivity contribution in [3.05, 3.63) is 41.8 Å². The number of fused-ring (bicyclic) bond motifs is 1. The highest BCUT2D eigenvalue weighted by molar-refractivity contribution is 5.97. The molecule has 3 rings (SSSR count). The predicted octanol–water partition coefficient (Wildman–Crippen LogP) is 3.68. The number of carbonyl (C=O) groups is 1. The van der Waals surface area contributed by atoms with Crippen molar-refractivity contribution in [3.63, 3.8) is 0 Å². The van der Waals surface area contributed by atoms with Gasteiger partial charge in [0, 0.05) is 17.6 Å². The van der Waals surface area contributed by atoms with Crippen LogP contribution in [0.3, 0.4) is 0 Å². The van der Waals surface area contributed by atoms with E-state index < -0.39 is 0 Å². The molecule has 0 bridgehead atoms. The number of hydrogen-bond donors (Lipinski definition) is 1. The highest BCUT2D eigenvalue weighted by atomic mass is 19.1. The van der Waals surface area contributed by atoms with Gasteiger partial charge in [-0.3, -0.25) is 9.78 Å². The Bertz CT molecular complexity index is 663. The van der Waals surface area contributed by atoms with Crippen molar-refractivity contribution in [2.75, 3.05) is 0 Å². The summed E-state index contributed by atoms with van der Waals surface area (Å²) in [7, 11) is 0. The Hall–Kier alpha value is -1.97. The van der Waals surface area contributed by atoms with Gasteiger partial charge in [-0.25, -0.2) is 4.39 Å². The van der Waals surface area contributed by atoms with Gasteiger partial charge in [0.2, 0.25) is 0 Å². The lowest BCUT2D eigenvalue weighted by Crippen LogP contribution is -2.37. The average Bonchev–Trinajstić information content (AvgIpc) is 2.48. The van der Waals surface area contributed by atoms with Crippen LogP contribution in [-0.4, -0.2) is 16.9 Å². The van der Waals surface area contributed by atoms with Gasteiger partial charge >= 0.3 is 0 Å². The van der Waals surface area contributed by atoms with Crippen molar-refractivity contribution in [2.24, 2.45) is 5.92 Å². The Labute approximate surface area is 123 Å². The van der Waals surface area contributed by atoms with Crippen molar-refractivity contribution in [3.8, 4) is 0 Å². The summed E-state index contributed by atoms with van der Waals surface area (Å²) in [5.41, 5.74) is 1.19. The minimum Gasteiger partial charge on any atom is -0.349 e. The zero-order valence-electron chi connectivity index (χ0n) is 12.1. The second-order valence-corrected chi connectivity index (χ2v) is 5.99. The largest absolute Gasteiger partial charge is 0.349 e. The maximum absolute atomic E-state index is 13.3. The van der Waals surface area contributed by atoms with E-state index in [4.69, 9.17) is 0 Å². The number of nitrogens with zero attached hydrogens (tertiary/aromatic N) is 1. The Morgan fingerprint density at radius 3 is 2.76 bits per heavy atom. The number of hydrogen-bond acceptors (Lipinski definition) is 2. The smallest absolute Gasteiger partial charge is 0.253 e. The van der Waals surface area contributed by atoms with Crippen molar-refractivity contribution in [1.82, 2.24) is 10.3 Å². The lowest BCUT2D eigenvalue weighted by molar-refractivity contribution is 0.0923. The topological polar surface area (TPSA) is 42.0 Å². The molecule has 1 aliphatic rings. The number of benzene rings is 1. The average molecular weight is 286 g/mol. The van der Waals surface area contributed by atoms with Crippen LogP contribution in [0.4, 0.5) is 4.39 Å². The molecular weight excluding hydrogens is 267 g/mol. The van der Waals surface area contributed by atoms with E-state index in [-0.39, 0.29) is 17.8 Å². The van der Waals surface area contributed by atoms with E-state index in [2.05, 4.69) is 17.2 Å². The molecule has 2 aromatic rings. The van der Waals surface area contributed by atoms with Gasteiger partial charge in [-0.15, -0.1) is 0 Å². The van der Waals surface area contributed by atoms with Crippen LogP contribution in [0.25, 0.3) is 10.9 Å². The number of rotatable bonds is 2. The number of carbonyl (C=O) groups excluding carboxylic acids is 1. The molecule has 1 amide bonds. The summed E-state index contributed by atoms with van der Waals surface area (Å²) in [5, 5.41) is 3.72. The molecule has 3 nitrogen and oxygen atoms in total. The van der Waals surface area contributed by atoms with E-state index in [1.165, 1.54) is 12.1 Å². The Morgan fingerprint density at radius 2 is 2.00 bits per heavy atom. The molecule has 110 valence electrons. The lowest BCUT2D eigenvalue weighted by Gasteiger charge is -2.26. The van der Waals surface area contributed by atoms with Crippen LogP contribution in [-0.2, 0) is 0 Å². The van der Waals surface area contributed by atoms with Gasteiger partial charge in [0.15, 0.2) is 0 Å². The minimum atomic E-state index is -0.317. The zero-order chi connectivity index (χ0) is 14.8. The van der Waals surface area contributed by atoms with Gasteiger partial charge in [-0.05, 0) is 55.9 Å². The van der Waals surface area contributed by atoms with Crippen LogP contribution in [0, 0.1) is 11.7 Å². The van der Waals surface area contributed by atoms with Gasteiger partial charge < -0.3 is 5.32 Å². The minimum absolute atomic E-state index is 0.117. The van der Waals surface area contributed by atoms with Crippen LogP contribution in [0.5, 0.6) is 0 Å². The van der Waals surface area contributed by atoms with Crippen LogP contribution in [0.1, 0.15) is 43.0 Å². The molecule has 0 saturated heterocycles. The number of halogens is 1. The fourth-order valence-corrected chi connectivity index (χ4v) is 2.90. The second-order valence-electron chi connectivity index (χ2n) is 5.99. The molecule has 1 aromatic heterocycles. The Morgan fingerprint density at radius 1 is 1.24 bits per heavy atom. The predicted molar refractivity (Wildman–Crippen MR) is 80.6 cm³/mol. The fourth-order valence-electron chi connectivity index (χ4n) is 2.90. The fraction of sp³-hybridized carbons (Fsp3) is 0.412. The van der Waals surface area contributed by atoms with Crippen molar-refractivity contribution in [2.45, 2.75) is 38.6 Å². The summed E-state index contributed by atoms with van der Waals surface area (Å²) in [6, 6.07) is 6.35. The molecule has 0 spiro atoms. The zero-order valence-corrected chi connectivity index (χ0v) is 12.1. The monoisotopic (exact) mass is 286 g/mol. The highest BCUT2D eigenvalue weighted by Gasteiger charge is 2.20. The summed E-state index contributed by atoms with van der Waals surface area (Å²) in [4.78, 5) is 16.5. The molecule has 1 N–H and O–H groups in total. The Balaban J connectivity index is 1.75. The van der Waals surface area contributed by atoms with Crippen molar-refractivity contribution < 1.29 is 9.18 Å². The van der Waals surface area contributed by atoms with Crippen LogP contribution in [0.2, 0.25) is 0 Å². The first-order valence-corrected chi connectivity index (χ1v) is 7.48. The summed E-state index contributed by atoms with van der Waals surface area (Å²) in [5.74, 6) is 0.319. The third-order valence-corrected chi connectivity index (χ3v) is 4.26. The van der Waals surface area contributed by atoms with E-state index in [9.17, 15) is 9.18 Å². The van der Waals surface area contributed by atoms with Gasteiger partial charge in [-0.2, -0.15) is 0 Å². The van der Waals surface area contributed by atoms with Crippen molar-refractivity contribution >= 4 is 16.8 Å². The van der Waals surface area contributed by atoms with E-state index in [0.29, 0.717) is 16.5 Å². The molecule has 0 aliphatic heterocycles. The number of nitrogens with one attached hydrogen (secondary N) is 1. The SMILES string of the molecule is CC1CCC(NC(=O)c2cnc3ccc(F)cc3c2)CC1. The van der Waals surface area contributed by atoms with Crippen LogP contribution in [0.15, 0.2) is 30.5 Å². The first kappa shape index (κ1) is 14.0. The molecule has 1 aliphatic carbocycles. The first-order chi connectivity index (χ1) is 10.1. The Kier molecular flexibility index (Phi) is 3.86. The van der Waals surface area contributed by atoms with E-state index >= 15 is 0 Å². The van der Waals surface area contributed by atoms with Crippen molar-refractivity contribution in [1.29, 1.82) is 0 Å². The molecule has 21 heavy (non-hydrogen) atoms. The van der Waals surface area contributed by atoms with Gasteiger partial charge in [-0.1, -0.05) is 6.92 Å². The maximum Gasteiger partial charge on any atom is 0.253 e. The molecule has 0 atom stereocenters. The molecule has 1 fully saturated rings. The van der Waals surface area contributed by atoms with Gasteiger partial charge in [0.05, 0.1) is 11.1 Å². The normalized spacial score (nSPS) is 22.2. The van der Waals surface area contributed by atoms with E-state index in [0.717, 1.165) is 31.6 Å². The summed E-state index contributed by atoms with van der Waals surface area (Å²) < 4.78 is 13.3. The van der Waals surface area contributed by atoms with Gasteiger partial charge in [0.1, 0.15) is 5.82 Å². The molecule has 1 saturated carbocycles. The van der Waals surface area contributed by atoms with E-state index in [1.54, 1.807) is 18.3 Å². The quantitative estimate of drug-likeness (QED) is 0.915. The third-order valence-electron chi connectivity index (χ3n) is 4.26. The maximum atomic E-state index is 13.3. The molecule has 1 aromatic carbocycles. The standard InChI is InChI=1S/C17H19FN2O/c1-11-2-5-15(6-3-11)20-17(21)13-8-12-9-14(18)4-7-16(12)19-10-13/h4,7-11,15H,2-3,5-6H2,1H3,(H,20,21). The molecule has 4 heteroatoms. The number of amides is 1. The molecule has 1 heterocycles. The summed E-state index contributed by atoms with van der Waals surface area (Å²) in [6.45, 7) is 2.25. The molecular formula is C17H19FN2O. The second kappa shape index (κ2) is 5.80. The summed E-state index contributed by atoms with van der Waals surface area (Å²) in [6.07, 6.45) is 5.93. The third kappa shape index (κ3) is 3.20. The van der Waals surface area contributed by atoms with E-state index in [1.807, 2.05) is 0 Å². The van der Waals surface area contributed by atoms with Gasteiger partial charge in [0.25, 0.3) is 5.91 Å².